The second kappa shape index (κ2) is 9.72. The van der Waals surface area contributed by atoms with Crippen LogP contribution in [0, 0.1) is 0 Å². The highest BCUT2D eigenvalue weighted by Crippen LogP contribution is 2.48. The van der Waals surface area contributed by atoms with Crippen LogP contribution in [0.15, 0.2) is 24.3 Å². The van der Waals surface area contributed by atoms with Gasteiger partial charge >= 0.3 is 25.9 Å². The minimum absolute atomic E-state index is 0.00811. The maximum absolute atomic E-state index is 13.1. The smallest absolute Gasteiger partial charge is 0.474 e. The Morgan fingerprint density at radius 1 is 1.14 bits per heavy atom. The maximum atomic E-state index is 13.1. The molecule has 0 aliphatic heterocycles. The molecular formula is C15H17F5NO7P. The van der Waals surface area contributed by atoms with E-state index < -0.39 is 49.9 Å². The van der Waals surface area contributed by atoms with E-state index in [9.17, 15) is 36.1 Å². The Morgan fingerprint density at radius 2 is 1.69 bits per heavy atom. The number of Topliss-reactive ketones (excluding diaryl/α,β-unsaturated/α-hetero) is 1. The molecular weight excluding hydrogens is 432 g/mol. The van der Waals surface area contributed by atoms with Crippen molar-refractivity contribution in [2.75, 3.05) is 20.3 Å². The fourth-order valence-electron chi connectivity index (χ4n) is 1.79. The van der Waals surface area contributed by atoms with Crippen LogP contribution in [0.5, 0.6) is 0 Å². The lowest BCUT2D eigenvalue weighted by Crippen LogP contribution is -2.44. The molecule has 1 aromatic carbocycles. The summed E-state index contributed by atoms with van der Waals surface area (Å²) in [6.07, 6.45) is -6.02. The first-order valence-corrected chi connectivity index (χ1v) is 9.21. The molecule has 164 valence electrons. The predicted octanol–water partition coefficient (Wildman–Crippen LogP) is 2.81. The Hall–Kier alpha value is -1.92. The van der Waals surface area contributed by atoms with Gasteiger partial charge in [0.2, 0.25) is 5.78 Å². The number of carboxylic acid groups (broad SMARTS) is 1. The van der Waals surface area contributed by atoms with E-state index in [-0.39, 0.29) is 13.0 Å². The third kappa shape index (κ3) is 6.82. The fraction of sp³-hybridized carbons (Fsp3) is 0.467. The largest absolute Gasteiger partial charge is 0.480 e. The van der Waals surface area contributed by atoms with Gasteiger partial charge in [-0.25, -0.2) is 4.57 Å². The zero-order valence-electron chi connectivity index (χ0n) is 14.8. The summed E-state index contributed by atoms with van der Waals surface area (Å²) in [5, 5.41) is 8.62. The number of nitrogens with two attached hydrogens (primary N) is 1. The molecule has 29 heavy (non-hydrogen) atoms. The lowest BCUT2D eigenvalue weighted by atomic mass is 10.0. The SMILES string of the molecule is COP(=O)(OCCc1ccc(C(=O)C(F)(F)C(F)(F)F)cc1)OCC(N)C(=O)O. The maximum Gasteiger partial charge on any atom is 0.474 e. The number of hydrogen-bond donors (Lipinski definition) is 2. The third-order valence-corrected chi connectivity index (χ3v) is 4.86. The van der Waals surface area contributed by atoms with Gasteiger partial charge in [0, 0.05) is 12.7 Å². The molecule has 0 heterocycles. The van der Waals surface area contributed by atoms with Crippen LogP contribution in [-0.2, 0) is 29.4 Å². The molecule has 8 nitrogen and oxygen atoms in total. The zero-order chi connectivity index (χ0) is 22.5. The number of carboxylic acids is 1. The number of ketones is 1. The van der Waals surface area contributed by atoms with E-state index in [1.54, 1.807) is 0 Å². The summed E-state index contributed by atoms with van der Waals surface area (Å²) < 4.78 is 89.1. The molecule has 0 bridgehead atoms. The van der Waals surface area contributed by atoms with Crippen molar-refractivity contribution in [2.24, 2.45) is 5.73 Å². The van der Waals surface area contributed by atoms with Gasteiger partial charge in [-0.2, -0.15) is 22.0 Å². The van der Waals surface area contributed by atoms with Crippen LogP contribution < -0.4 is 5.73 Å². The number of benzene rings is 1. The van der Waals surface area contributed by atoms with E-state index in [4.69, 9.17) is 19.9 Å². The molecule has 0 radical (unpaired) electrons. The number of alkyl halides is 5. The summed E-state index contributed by atoms with van der Waals surface area (Å²) in [4.78, 5) is 22.0. The predicted molar refractivity (Wildman–Crippen MR) is 87.6 cm³/mol. The molecule has 2 unspecified atom stereocenters. The molecule has 0 aromatic heterocycles. The summed E-state index contributed by atoms with van der Waals surface area (Å²) in [7, 11) is -3.14. The first kappa shape index (κ1) is 25.1. The van der Waals surface area contributed by atoms with Crippen LogP contribution in [0.1, 0.15) is 15.9 Å². The topological polar surface area (TPSA) is 125 Å². The van der Waals surface area contributed by atoms with Crippen molar-refractivity contribution in [3.05, 3.63) is 35.4 Å². The van der Waals surface area contributed by atoms with E-state index in [0.29, 0.717) is 5.56 Å². The van der Waals surface area contributed by atoms with Gasteiger partial charge in [-0.3, -0.25) is 23.2 Å². The van der Waals surface area contributed by atoms with Crippen molar-refractivity contribution >= 4 is 19.6 Å². The van der Waals surface area contributed by atoms with Gasteiger partial charge in [0.15, 0.2) is 0 Å². The summed E-state index contributed by atoms with van der Waals surface area (Å²) in [6, 6.07) is 2.33. The van der Waals surface area contributed by atoms with Gasteiger partial charge < -0.3 is 10.8 Å². The number of rotatable bonds is 11. The Balaban J connectivity index is 2.67. The third-order valence-electron chi connectivity index (χ3n) is 3.45. The highest BCUT2D eigenvalue weighted by atomic mass is 31.2. The van der Waals surface area contributed by atoms with E-state index in [0.717, 1.165) is 31.4 Å². The van der Waals surface area contributed by atoms with Gasteiger partial charge in [0.1, 0.15) is 6.04 Å². The van der Waals surface area contributed by atoms with Crippen LogP contribution in [-0.4, -0.2) is 55.3 Å². The van der Waals surface area contributed by atoms with Crippen molar-refractivity contribution in [3.63, 3.8) is 0 Å². The average molecular weight is 449 g/mol. The highest BCUT2D eigenvalue weighted by molar-refractivity contribution is 7.48. The molecule has 0 aliphatic carbocycles. The van der Waals surface area contributed by atoms with E-state index in [2.05, 4.69) is 4.52 Å². The Labute approximate surface area is 161 Å². The number of halogens is 5. The summed E-state index contributed by atoms with van der Waals surface area (Å²) in [6.45, 7) is -0.968. The molecule has 1 rings (SSSR count). The van der Waals surface area contributed by atoms with Gasteiger partial charge in [-0.1, -0.05) is 24.3 Å². The second-order valence-electron chi connectivity index (χ2n) is 5.55. The summed E-state index contributed by atoms with van der Waals surface area (Å²) in [5.74, 6) is -9.31. The monoisotopic (exact) mass is 449 g/mol. The molecule has 0 spiro atoms. The molecule has 0 saturated heterocycles. The zero-order valence-corrected chi connectivity index (χ0v) is 15.7. The molecule has 0 aliphatic rings. The molecule has 2 atom stereocenters. The number of hydrogen-bond acceptors (Lipinski definition) is 7. The number of carbonyl (C=O) groups excluding carboxylic acids is 1. The van der Waals surface area contributed by atoms with Crippen molar-refractivity contribution < 1.29 is 54.8 Å². The standard InChI is InChI=1S/C15H17F5NO7P/c1-26-29(25,28-8-11(21)13(23)24)27-7-6-9-2-4-10(5-3-9)12(22)14(16,17)15(18,19)20/h2-5,11H,6-8,21H2,1H3,(H,23,24). The van der Waals surface area contributed by atoms with Gasteiger partial charge in [0.05, 0.1) is 13.2 Å². The van der Waals surface area contributed by atoms with Gasteiger partial charge in [0.25, 0.3) is 0 Å². The van der Waals surface area contributed by atoms with E-state index in [1.807, 2.05) is 0 Å². The van der Waals surface area contributed by atoms with Crippen LogP contribution in [0.4, 0.5) is 22.0 Å². The van der Waals surface area contributed by atoms with Gasteiger partial charge in [-0.05, 0) is 12.0 Å². The normalized spacial score (nSPS) is 15.6. The Kier molecular flexibility index (Phi) is 8.42. The molecule has 1 aromatic rings. The minimum atomic E-state index is -6.01. The van der Waals surface area contributed by atoms with E-state index in [1.165, 1.54) is 0 Å². The summed E-state index contributed by atoms with van der Waals surface area (Å²) >= 11 is 0. The molecule has 0 saturated carbocycles. The molecule has 0 fully saturated rings. The van der Waals surface area contributed by atoms with Crippen LogP contribution in [0.3, 0.4) is 0 Å². The summed E-state index contributed by atoms with van der Waals surface area (Å²) in [5.41, 5.74) is 4.69. The number of carbonyl (C=O) groups is 2. The lowest BCUT2D eigenvalue weighted by Gasteiger charge is -2.18. The van der Waals surface area contributed by atoms with Crippen LogP contribution >= 0.6 is 7.82 Å². The number of phosphoric ester groups is 1. The first-order chi connectivity index (χ1) is 13.2. The molecule has 0 amide bonds. The Bertz CT molecular complexity index is 769. The lowest BCUT2D eigenvalue weighted by molar-refractivity contribution is -0.255. The average Bonchev–Trinajstić information content (AvgIpc) is 2.65. The van der Waals surface area contributed by atoms with Crippen molar-refractivity contribution in [1.82, 2.24) is 0 Å². The minimum Gasteiger partial charge on any atom is -0.480 e. The number of phosphoric acid groups is 1. The molecule has 3 N–H and O–H groups in total. The van der Waals surface area contributed by atoms with Gasteiger partial charge in [-0.15, -0.1) is 0 Å². The first-order valence-electron chi connectivity index (χ1n) is 7.75. The van der Waals surface area contributed by atoms with Crippen molar-refractivity contribution in [2.45, 2.75) is 24.6 Å². The van der Waals surface area contributed by atoms with Crippen LogP contribution in [0.2, 0.25) is 0 Å². The van der Waals surface area contributed by atoms with Crippen LogP contribution in [0.25, 0.3) is 0 Å². The quantitative estimate of drug-likeness (QED) is 0.300. The molecule has 14 heteroatoms. The van der Waals surface area contributed by atoms with Crippen molar-refractivity contribution in [1.29, 1.82) is 0 Å². The highest BCUT2D eigenvalue weighted by Gasteiger charge is 2.63. The number of aliphatic carboxylic acids is 1. The second-order valence-corrected chi connectivity index (χ2v) is 7.33. The Morgan fingerprint density at radius 3 is 2.14 bits per heavy atom. The van der Waals surface area contributed by atoms with E-state index >= 15 is 0 Å². The van der Waals surface area contributed by atoms with Crippen molar-refractivity contribution in [3.8, 4) is 0 Å². The fourth-order valence-corrected chi connectivity index (χ4v) is 2.74.